The summed E-state index contributed by atoms with van der Waals surface area (Å²) in [5.41, 5.74) is 0.988. The van der Waals surface area contributed by atoms with Gasteiger partial charge in [0, 0.05) is 6.54 Å². The molecular weight excluding hydrogens is 176 g/mol. The molecule has 3 heteroatoms. The molecule has 0 heterocycles. The first-order valence-corrected chi connectivity index (χ1v) is 4.50. The van der Waals surface area contributed by atoms with Crippen molar-refractivity contribution in [2.75, 3.05) is 6.54 Å². The van der Waals surface area contributed by atoms with Crippen LogP contribution in [0.3, 0.4) is 0 Å². The lowest BCUT2D eigenvalue weighted by molar-refractivity contribution is -0.120. The minimum absolute atomic E-state index is 0.0357. The molecule has 0 aromatic heterocycles. The Kier molecular flexibility index (Phi) is 4.22. The molecule has 0 aliphatic carbocycles. The van der Waals surface area contributed by atoms with Crippen molar-refractivity contribution in [2.45, 2.75) is 12.8 Å². The molecule has 0 aliphatic heterocycles. The monoisotopic (exact) mass is 188 g/mol. The minimum atomic E-state index is -0.0357. The maximum absolute atomic E-state index is 11.3. The third-order valence-corrected chi connectivity index (χ3v) is 1.77. The van der Waals surface area contributed by atoms with Gasteiger partial charge < -0.3 is 5.32 Å². The lowest BCUT2D eigenvalue weighted by Gasteiger charge is -2.02. The molecule has 1 rings (SSSR count). The van der Waals surface area contributed by atoms with Crippen LogP contribution in [0, 0.1) is 11.3 Å². The highest BCUT2D eigenvalue weighted by Crippen LogP contribution is 1.98. The van der Waals surface area contributed by atoms with Gasteiger partial charge in [-0.15, -0.1) is 0 Å². The Morgan fingerprint density at radius 3 is 2.71 bits per heavy atom. The molecule has 1 amide bonds. The first kappa shape index (κ1) is 10.3. The number of benzene rings is 1. The molecule has 0 unspecified atom stereocenters. The average molecular weight is 188 g/mol. The summed E-state index contributed by atoms with van der Waals surface area (Å²) in [5.74, 6) is -0.0357. The summed E-state index contributed by atoms with van der Waals surface area (Å²) in [6.07, 6.45) is 0.743. The van der Waals surface area contributed by atoms with E-state index in [9.17, 15) is 4.79 Å². The Morgan fingerprint density at radius 2 is 2.07 bits per heavy atom. The fraction of sp³-hybridized carbons (Fsp3) is 0.273. The number of nitriles is 1. The molecule has 0 saturated carbocycles. The van der Waals surface area contributed by atoms with Gasteiger partial charge in [-0.25, -0.2) is 0 Å². The van der Waals surface area contributed by atoms with E-state index < -0.39 is 0 Å². The van der Waals surface area contributed by atoms with Crippen LogP contribution in [0.1, 0.15) is 12.0 Å². The van der Waals surface area contributed by atoms with Crippen LogP contribution >= 0.6 is 0 Å². The van der Waals surface area contributed by atoms with Crippen molar-refractivity contribution in [1.29, 1.82) is 5.26 Å². The van der Waals surface area contributed by atoms with E-state index >= 15 is 0 Å². The van der Waals surface area contributed by atoms with Crippen molar-refractivity contribution in [3.05, 3.63) is 35.9 Å². The van der Waals surface area contributed by atoms with Crippen molar-refractivity contribution in [3.8, 4) is 6.07 Å². The van der Waals surface area contributed by atoms with Crippen molar-refractivity contribution in [2.24, 2.45) is 0 Å². The number of nitrogens with zero attached hydrogens (tertiary/aromatic N) is 1. The molecule has 0 saturated heterocycles. The predicted octanol–water partition coefficient (Wildman–Crippen LogP) is 1.26. The van der Waals surface area contributed by atoms with E-state index in [1.807, 2.05) is 36.4 Å². The smallest absolute Gasteiger partial charge is 0.224 e. The predicted molar refractivity (Wildman–Crippen MR) is 53.4 cm³/mol. The van der Waals surface area contributed by atoms with Crippen LogP contribution in [0.4, 0.5) is 0 Å². The number of rotatable bonds is 4. The number of hydrogen-bond acceptors (Lipinski definition) is 2. The van der Waals surface area contributed by atoms with Crippen LogP contribution in [0.2, 0.25) is 0 Å². The van der Waals surface area contributed by atoms with Crippen LogP contribution < -0.4 is 5.32 Å². The Bertz CT molecular complexity index is 327. The van der Waals surface area contributed by atoms with Gasteiger partial charge in [-0.3, -0.25) is 4.79 Å². The first-order valence-electron chi connectivity index (χ1n) is 4.50. The normalized spacial score (nSPS) is 9.07. The van der Waals surface area contributed by atoms with Crippen LogP contribution in [-0.2, 0) is 11.2 Å². The molecule has 72 valence electrons. The van der Waals surface area contributed by atoms with Crippen LogP contribution in [0.15, 0.2) is 30.3 Å². The zero-order valence-corrected chi connectivity index (χ0v) is 7.86. The standard InChI is InChI=1S/C11H12N2O/c12-7-4-8-13-11(14)9-10-5-2-1-3-6-10/h1-3,5-6H,4,8-9H2,(H,13,14). The van der Waals surface area contributed by atoms with Gasteiger partial charge in [-0.05, 0) is 5.56 Å². The van der Waals surface area contributed by atoms with E-state index in [0.717, 1.165) is 5.56 Å². The summed E-state index contributed by atoms with van der Waals surface area (Å²) in [6, 6.07) is 11.5. The molecule has 0 atom stereocenters. The highest BCUT2D eigenvalue weighted by molar-refractivity contribution is 5.78. The fourth-order valence-corrected chi connectivity index (χ4v) is 1.10. The first-order chi connectivity index (χ1) is 6.83. The number of amides is 1. The lowest BCUT2D eigenvalue weighted by Crippen LogP contribution is -2.25. The van der Waals surface area contributed by atoms with Gasteiger partial charge in [-0.1, -0.05) is 30.3 Å². The van der Waals surface area contributed by atoms with E-state index in [0.29, 0.717) is 19.4 Å². The molecule has 0 fully saturated rings. The Morgan fingerprint density at radius 1 is 1.36 bits per heavy atom. The van der Waals surface area contributed by atoms with Gasteiger partial charge >= 0.3 is 0 Å². The van der Waals surface area contributed by atoms with E-state index in [1.165, 1.54) is 0 Å². The molecule has 0 radical (unpaired) electrons. The summed E-state index contributed by atoms with van der Waals surface area (Å²) in [4.78, 5) is 11.3. The second-order valence-electron chi connectivity index (χ2n) is 2.92. The van der Waals surface area contributed by atoms with Gasteiger partial charge in [0.25, 0.3) is 0 Å². The Labute approximate surface area is 83.4 Å². The Balaban J connectivity index is 2.32. The maximum Gasteiger partial charge on any atom is 0.224 e. The van der Waals surface area contributed by atoms with Gasteiger partial charge in [0.05, 0.1) is 18.9 Å². The van der Waals surface area contributed by atoms with Gasteiger partial charge in [0.15, 0.2) is 0 Å². The van der Waals surface area contributed by atoms with Crippen molar-refractivity contribution in [3.63, 3.8) is 0 Å². The van der Waals surface area contributed by atoms with Crippen LogP contribution in [0.25, 0.3) is 0 Å². The molecule has 1 aromatic rings. The van der Waals surface area contributed by atoms with Gasteiger partial charge in [0.1, 0.15) is 0 Å². The molecule has 0 aliphatic rings. The zero-order chi connectivity index (χ0) is 10.2. The van der Waals surface area contributed by atoms with Crippen molar-refractivity contribution in [1.82, 2.24) is 5.32 Å². The summed E-state index contributed by atoms with van der Waals surface area (Å²) in [5, 5.41) is 10.9. The molecule has 3 nitrogen and oxygen atoms in total. The molecular formula is C11H12N2O. The SMILES string of the molecule is N#CCCNC(=O)Cc1ccccc1. The van der Waals surface area contributed by atoms with Gasteiger partial charge in [-0.2, -0.15) is 5.26 Å². The van der Waals surface area contributed by atoms with E-state index in [4.69, 9.17) is 5.26 Å². The fourth-order valence-electron chi connectivity index (χ4n) is 1.10. The third kappa shape index (κ3) is 3.72. The van der Waals surface area contributed by atoms with Crippen LogP contribution in [-0.4, -0.2) is 12.5 Å². The summed E-state index contributed by atoms with van der Waals surface area (Å²) < 4.78 is 0. The maximum atomic E-state index is 11.3. The van der Waals surface area contributed by atoms with E-state index in [1.54, 1.807) is 0 Å². The summed E-state index contributed by atoms with van der Waals surface area (Å²) >= 11 is 0. The molecule has 1 aromatic carbocycles. The highest BCUT2D eigenvalue weighted by Gasteiger charge is 2.00. The summed E-state index contributed by atoms with van der Waals surface area (Å²) in [7, 11) is 0. The highest BCUT2D eigenvalue weighted by atomic mass is 16.1. The molecule has 0 spiro atoms. The largest absolute Gasteiger partial charge is 0.355 e. The van der Waals surface area contributed by atoms with E-state index in [-0.39, 0.29) is 5.91 Å². The molecule has 0 bridgehead atoms. The molecule has 1 N–H and O–H groups in total. The second-order valence-corrected chi connectivity index (χ2v) is 2.92. The topological polar surface area (TPSA) is 52.9 Å². The summed E-state index contributed by atoms with van der Waals surface area (Å²) in [6.45, 7) is 0.433. The van der Waals surface area contributed by atoms with Gasteiger partial charge in [0.2, 0.25) is 5.91 Å². The zero-order valence-electron chi connectivity index (χ0n) is 7.86. The third-order valence-electron chi connectivity index (χ3n) is 1.77. The number of hydrogen-bond donors (Lipinski definition) is 1. The minimum Gasteiger partial charge on any atom is -0.355 e. The average Bonchev–Trinajstić information content (AvgIpc) is 2.20. The number of carbonyl (C=O) groups is 1. The van der Waals surface area contributed by atoms with Crippen molar-refractivity contribution >= 4 is 5.91 Å². The number of carbonyl (C=O) groups excluding carboxylic acids is 1. The van der Waals surface area contributed by atoms with Crippen molar-refractivity contribution < 1.29 is 4.79 Å². The quantitative estimate of drug-likeness (QED) is 0.723. The number of nitrogens with one attached hydrogen (secondary N) is 1. The van der Waals surface area contributed by atoms with E-state index in [2.05, 4.69) is 5.32 Å². The van der Waals surface area contributed by atoms with Crippen LogP contribution in [0.5, 0.6) is 0 Å². The Hall–Kier alpha value is -1.82. The second kappa shape index (κ2) is 5.76. The molecule has 14 heavy (non-hydrogen) atoms. The lowest BCUT2D eigenvalue weighted by atomic mass is 10.1.